The second kappa shape index (κ2) is 7.21. The summed E-state index contributed by atoms with van der Waals surface area (Å²) in [5, 5.41) is 2.86. The summed E-state index contributed by atoms with van der Waals surface area (Å²) < 4.78 is 18.3. The number of amides is 1. The van der Waals surface area contributed by atoms with Crippen molar-refractivity contribution in [2.24, 2.45) is 0 Å². The van der Waals surface area contributed by atoms with E-state index in [0.717, 1.165) is 18.9 Å². The number of carbonyl (C=O) groups is 1. The minimum atomic E-state index is -0.561. The molecule has 0 aliphatic carbocycles. The maximum Gasteiger partial charge on any atom is 0.258 e. The largest absolute Gasteiger partial charge is 0.484 e. The first-order valence-corrected chi connectivity index (χ1v) is 6.31. The van der Waals surface area contributed by atoms with Crippen molar-refractivity contribution in [2.75, 3.05) is 6.61 Å². The van der Waals surface area contributed by atoms with Crippen LogP contribution in [-0.2, 0) is 4.79 Å². The first-order chi connectivity index (χ1) is 8.56. The van der Waals surface area contributed by atoms with E-state index in [0.29, 0.717) is 0 Å². The van der Waals surface area contributed by atoms with Crippen LogP contribution >= 0.6 is 11.6 Å². The van der Waals surface area contributed by atoms with Gasteiger partial charge in [0.1, 0.15) is 11.6 Å². The molecule has 0 unspecified atom stereocenters. The molecule has 1 amide bonds. The molecule has 3 nitrogen and oxygen atoms in total. The third kappa shape index (κ3) is 4.53. The second-order valence-electron chi connectivity index (χ2n) is 3.95. The monoisotopic (exact) mass is 273 g/mol. The Kier molecular flexibility index (Phi) is 5.92. The molecule has 0 saturated heterocycles. The zero-order valence-electron chi connectivity index (χ0n) is 10.5. The molecule has 0 bridgehead atoms. The molecule has 100 valence electrons. The summed E-state index contributed by atoms with van der Waals surface area (Å²) in [6.45, 7) is 3.88. The van der Waals surface area contributed by atoms with Crippen molar-refractivity contribution in [3.8, 4) is 5.75 Å². The molecule has 0 aliphatic rings. The average Bonchev–Trinajstić information content (AvgIpc) is 2.37. The number of hydrogen-bond donors (Lipinski definition) is 1. The van der Waals surface area contributed by atoms with Crippen LogP contribution in [0.4, 0.5) is 4.39 Å². The molecule has 0 aromatic heterocycles. The third-order valence-electron chi connectivity index (χ3n) is 2.61. The highest BCUT2D eigenvalue weighted by atomic mass is 35.5. The van der Waals surface area contributed by atoms with Gasteiger partial charge in [0.05, 0.1) is 5.02 Å². The Hall–Kier alpha value is -1.29. The Balaban J connectivity index is 2.44. The van der Waals surface area contributed by atoms with Crippen LogP contribution in [0.25, 0.3) is 0 Å². The van der Waals surface area contributed by atoms with Gasteiger partial charge in [-0.2, -0.15) is 0 Å². The highest BCUT2D eigenvalue weighted by Gasteiger charge is 2.09. The smallest absolute Gasteiger partial charge is 0.258 e. The van der Waals surface area contributed by atoms with Crippen molar-refractivity contribution in [1.82, 2.24) is 5.32 Å². The third-order valence-corrected chi connectivity index (χ3v) is 2.92. The van der Waals surface area contributed by atoms with E-state index in [1.54, 1.807) is 0 Å². The maximum absolute atomic E-state index is 13.1. The van der Waals surface area contributed by atoms with Gasteiger partial charge in [-0.3, -0.25) is 4.79 Å². The number of carbonyl (C=O) groups excluding carboxylic acids is 1. The van der Waals surface area contributed by atoms with Crippen LogP contribution in [0.5, 0.6) is 5.75 Å². The maximum atomic E-state index is 13.1. The van der Waals surface area contributed by atoms with Crippen LogP contribution in [0.3, 0.4) is 0 Å². The minimum Gasteiger partial charge on any atom is -0.484 e. The van der Waals surface area contributed by atoms with Gasteiger partial charge in [-0.25, -0.2) is 4.39 Å². The van der Waals surface area contributed by atoms with Crippen molar-refractivity contribution in [2.45, 2.75) is 32.7 Å². The minimum absolute atomic E-state index is 0.0313. The number of hydrogen-bond acceptors (Lipinski definition) is 2. The van der Waals surface area contributed by atoms with E-state index in [-0.39, 0.29) is 29.3 Å². The molecule has 0 fully saturated rings. The van der Waals surface area contributed by atoms with E-state index in [2.05, 4.69) is 5.32 Å². The second-order valence-corrected chi connectivity index (χ2v) is 4.35. The lowest BCUT2D eigenvalue weighted by Gasteiger charge is -2.15. The van der Waals surface area contributed by atoms with E-state index < -0.39 is 5.82 Å². The summed E-state index contributed by atoms with van der Waals surface area (Å²) in [7, 11) is 0. The molecule has 1 rings (SSSR count). The van der Waals surface area contributed by atoms with Crippen molar-refractivity contribution in [3.63, 3.8) is 0 Å². The number of ether oxygens (including phenoxy) is 1. The number of benzene rings is 1. The normalized spacial score (nSPS) is 10.5. The highest BCUT2D eigenvalue weighted by molar-refractivity contribution is 6.30. The SMILES string of the molecule is CCC(CC)NC(=O)COc1ccc(Cl)c(F)c1. The molecule has 0 saturated carbocycles. The number of halogens is 2. The number of rotatable bonds is 6. The van der Waals surface area contributed by atoms with Crippen LogP contribution < -0.4 is 10.1 Å². The van der Waals surface area contributed by atoms with E-state index in [1.165, 1.54) is 12.1 Å². The van der Waals surface area contributed by atoms with Crippen LogP contribution in [0.2, 0.25) is 5.02 Å². The zero-order valence-corrected chi connectivity index (χ0v) is 11.3. The quantitative estimate of drug-likeness (QED) is 0.865. The van der Waals surface area contributed by atoms with Crippen molar-refractivity contribution >= 4 is 17.5 Å². The van der Waals surface area contributed by atoms with Gasteiger partial charge in [-0.1, -0.05) is 25.4 Å². The van der Waals surface area contributed by atoms with E-state index >= 15 is 0 Å². The summed E-state index contributed by atoms with van der Waals surface area (Å²) in [5.41, 5.74) is 0. The van der Waals surface area contributed by atoms with Crippen LogP contribution in [0.1, 0.15) is 26.7 Å². The van der Waals surface area contributed by atoms with Gasteiger partial charge in [0.2, 0.25) is 0 Å². The Morgan fingerprint density at radius 1 is 1.44 bits per heavy atom. The summed E-state index contributed by atoms with van der Waals surface area (Å²) in [5.74, 6) is -0.481. The fraction of sp³-hybridized carbons (Fsp3) is 0.462. The van der Waals surface area contributed by atoms with Crippen molar-refractivity contribution in [3.05, 3.63) is 29.0 Å². The highest BCUT2D eigenvalue weighted by Crippen LogP contribution is 2.20. The molecule has 0 radical (unpaired) electrons. The lowest BCUT2D eigenvalue weighted by atomic mass is 10.2. The van der Waals surface area contributed by atoms with Crippen LogP contribution in [0.15, 0.2) is 18.2 Å². The molecule has 0 aliphatic heterocycles. The van der Waals surface area contributed by atoms with Crippen molar-refractivity contribution in [1.29, 1.82) is 0 Å². The van der Waals surface area contributed by atoms with E-state index in [9.17, 15) is 9.18 Å². The van der Waals surface area contributed by atoms with E-state index in [1.807, 2.05) is 13.8 Å². The van der Waals surface area contributed by atoms with Gasteiger partial charge in [0.25, 0.3) is 5.91 Å². The lowest BCUT2D eigenvalue weighted by molar-refractivity contribution is -0.123. The van der Waals surface area contributed by atoms with E-state index in [4.69, 9.17) is 16.3 Å². The zero-order chi connectivity index (χ0) is 13.5. The molecule has 1 aromatic rings. The molecule has 1 N–H and O–H groups in total. The topological polar surface area (TPSA) is 38.3 Å². The fourth-order valence-corrected chi connectivity index (χ4v) is 1.60. The molecule has 1 aromatic carbocycles. The Bertz CT molecular complexity index is 408. The molecule has 0 heterocycles. The van der Waals surface area contributed by atoms with Gasteiger partial charge >= 0.3 is 0 Å². The standard InChI is InChI=1S/C13H17ClFNO2/c1-3-9(4-2)16-13(17)8-18-10-5-6-11(14)12(15)7-10/h5-7,9H,3-4,8H2,1-2H3,(H,16,17). The van der Waals surface area contributed by atoms with Crippen LogP contribution in [-0.4, -0.2) is 18.6 Å². The molecule has 0 atom stereocenters. The van der Waals surface area contributed by atoms with Gasteiger partial charge in [-0.05, 0) is 25.0 Å². The molecular weight excluding hydrogens is 257 g/mol. The summed E-state index contributed by atoms with van der Waals surface area (Å²) in [4.78, 5) is 11.5. The number of nitrogens with one attached hydrogen (secondary N) is 1. The molecular formula is C13H17ClFNO2. The Morgan fingerprint density at radius 2 is 2.11 bits per heavy atom. The van der Waals surface area contributed by atoms with Gasteiger partial charge < -0.3 is 10.1 Å². The van der Waals surface area contributed by atoms with Gasteiger partial charge in [-0.15, -0.1) is 0 Å². The predicted molar refractivity (Wildman–Crippen MR) is 69.4 cm³/mol. The van der Waals surface area contributed by atoms with Gasteiger partial charge in [0, 0.05) is 12.1 Å². The Labute approximate surface area is 111 Å². The van der Waals surface area contributed by atoms with Gasteiger partial charge in [0.15, 0.2) is 6.61 Å². The predicted octanol–water partition coefficient (Wildman–Crippen LogP) is 3.16. The average molecular weight is 274 g/mol. The Morgan fingerprint density at radius 3 is 2.67 bits per heavy atom. The molecule has 5 heteroatoms. The summed E-state index contributed by atoms with van der Waals surface area (Å²) in [6, 6.07) is 4.23. The van der Waals surface area contributed by atoms with Crippen molar-refractivity contribution < 1.29 is 13.9 Å². The summed E-state index contributed by atoms with van der Waals surface area (Å²) >= 11 is 5.54. The summed E-state index contributed by atoms with van der Waals surface area (Å²) in [6.07, 6.45) is 1.75. The first kappa shape index (κ1) is 14.8. The molecule has 18 heavy (non-hydrogen) atoms. The molecule has 0 spiro atoms. The fourth-order valence-electron chi connectivity index (χ4n) is 1.48. The lowest BCUT2D eigenvalue weighted by Crippen LogP contribution is -2.37. The van der Waals surface area contributed by atoms with Crippen LogP contribution in [0, 0.1) is 5.82 Å². The first-order valence-electron chi connectivity index (χ1n) is 5.94.